The highest BCUT2D eigenvalue weighted by Gasteiger charge is 1.90. The summed E-state index contributed by atoms with van der Waals surface area (Å²) in [4.78, 5) is 0. The number of rotatable bonds is 4. The summed E-state index contributed by atoms with van der Waals surface area (Å²) >= 11 is 0. The Morgan fingerprint density at radius 3 is 2.92 bits per heavy atom. The molecule has 2 heteroatoms. The molecule has 0 aliphatic rings. The Morgan fingerprint density at radius 1 is 1.42 bits per heavy atom. The highest BCUT2D eigenvalue weighted by Crippen LogP contribution is 2.08. The van der Waals surface area contributed by atoms with Gasteiger partial charge in [0.2, 0.25) is 0 Å². The van der Waals surface area contributed by atoms with Crippen LogP contribution in [0.3, 0.4) is 0 Å². The maximum absolute atomic E-state index is 11.7. The molecular formula is C10H14FN. The van der Waals surface area contributed by atoms with Crippen molar-refractivity contribution in [2.75, 3.05) is 18.5 Å². The van der Waals surface area contributed by atoms with E-state index >= 15 is 0 Å². The second kappa shape index (κ2) is 4.75. The Bertz CT molecular complexity index is 235. The van der Waals surface area contributed by atoms with Crippen molar-refractivity contribution in [2.45, 2.75) is 13.3 Å². The van der Waals surface area contributed by atoms with Crippen LogP contribution in [0.15, 0.2) is 24.3 Å². The molecule has 0 saturated heterocycles. The third kappa shape index (κ3) is 2.91. The average molecular weight is 167 g/mol. The molecule has 0 radical (unpaired) electrons. The first-order valence-corrected chi connectivity index (χ1v) is 4.19. The van der Waals surface area contributed by atoms with E-state index in [1.54, 1.807) is 0 Å². The van der Waals surface area contributed by atoms with Crippen LogP contribution in [-0.4, -0.2) is 13.2 Å². The molecule has 12 heavy (non-hydrogen) atoms. The Kier molecular flexibility index (Phi) is 3.58. The minimum atomic E-state index is -0.251. The Morgan fingerprint density at radius 2 is 2.25 bits per heavy atom. The first-order chi connectivity index (χ1) is 5.83. The fraction of sp³-hybridized carbons (Fsp3) is 0.400. The molecule has 1 N–H and O–H groups in total. The van der Waals surface area contributed by atoms with Crippen molar-refractivity contribution in [3.05, 3.63) is 29.8 Å². The number of halogens is 1. The summed E-state index contributed by atoms with van der Waals surface area (Å²) in [6.45, 7) is 2.50. The van der Waals surface area contributed by atoms with Crippen molar-refractivity contribution in [1.82, 2.24) is 0 Å². The summed E-state index contributed by atoms with van der Waals surface area (Å²) in [6, 6.07) is 8.08. The first-order valence-electron chi connectivity index (χ1n) is 4.19. The van der Waals surface area contributed by atoms with Crippen LogP contribution in [0.2, 0.25) is 0 Å². The van der Waals surface area contributed by atoms with Gasteiger partial charge in [-0.05, 0) is 31.0 Å². The van der Waals surface area contributed by atoms with E-state index in [0.29, 0.717) is 13.0 Å². The summed E-state index contributed by atoms with van der Waals surface area (Å²) in [5, 5.41) is 3.15. The molecule has 1 rings (SSSR count). The van der Waals surface area contributed by atoms with Crippen molar-refractivity contribution < 1.29 is 4.39 Å². The third-order valence-electron chi connectivity index (χ3n) is 1.66. The van der Waals surface area contributed by atoms with Gasteiger partial charge in [0.15, 0.2) is 0 Å². The van der Waals surface area contributed by atoms with Crippen molar-refractivity contribution in [3.8, 4) is 0 Å². The number of benzene rings is 1. The lowest BCUT2D eigenvalue weighted by molar-refractivity contribution is 0.481. The molecular weight excluding hydrogens is 153 g/mol. The quantitative estimate of drug-likeness (QED) is 0.680. The van der Waals surface area contributed by atoms with Crippen LogP contribution in [-0.2, 0) is 0 Å². The predicted molar refractivity (Wildman–Crippen MR) is 50.3 cm³/mol. The molecule has 66 valence electrons. The highest BCUT2D eigenvalue weighted by atomic mass is 19.1. The topological polar surface area (TPSA) is 12.0 Å². The summed E-state index contributed by atoms with van der Waals surface area (Å²) in [5.74, 6) is 0. The highest BCUT2D eigenvalue weighted by molar-refractivity contribution is 5.45. The van der Waals surface area contributed by atoms with E-state index < -0.39 is 0 Å². The second-order valence-electron chi connectivity index (χ2n) is 2.84. The SMILES string of the molecule is Cc1cccc(NCCCF)c1. The molecule has 0 spiro atoms. The maximum atomic E-state index is 11.7. The zero-order valence-electron chi connectivity index (χ0n) is 7.31. The van der Waals surface area contributed by atoms with Gasteiger partial charge in [-0.15, -0.1) is 0 Å². The minimum absolute atomic E-state index is 0.251. The van der Waals surface area contributed by atoms with Crippen LogP contribution in [0.1, 0.15) is 12.0 Å². The average Bonchev–Trinajstić information content (AvgIpc) is 2.05. The van der Waals surface area contributed by atoms with Crippen molar-refractivity contribution in [2.24, 2.45) is 0 Å². The number of nitrogens with one attached hydrogen (secondary N) is 1. The number of aryl methyl sites for hydroxylation is 1. The van der Waals surface area contributed by atoms with Crippen LogP contribution in [0.4, 0.5) is 10.1 Å². The van der Waals surface area contributed by atoms with Gasteiger partial charge < -0.3 is 5.32 Å². The molecule has 0 saturated carbocycles. The van der Waals surface area contributed by atoms with Crippen molar-refractivity contribution >= 4 is 5.69 Å². The van der Waals surface area contributed by atoms with Crippen LogP contribution >= 0.6 is 0 Å². The summed E-state index contributed by atoms with van der Waals surface area (Å²) in [6.07, 6.45) is 0.577. The standard InChI is InChI=1S/C10H14FN/c1-9-4-2-5-10(8-9)12-7-3-6-11/h2,4-5,8,12H,3,6-7H2,1H3. The lowest BCUT2D eigenvalue weighted by Gasteiger charge is -2.04. The van der Waals surface area contributed by atoms with E-state index in [1.807, 2.05) is 25.1 Å². The second-order valence-corrected chi connectivity index (χ2v) is 2.84. The molecule has 0 aliphatic carbocycles. The van der Waals surface area contributed by atoms with Gasteiger partial charge in [0, 0.05) is 12.2 Å². The monoisotopic (exact) mass is 167 g/mol. The summed E-state index contributed by atoms with van der Waals surface area (Å²) in [7, 11) is 0. The molecule has 0 bridgehead atoms. The Balaban J connectivity index is 2.41. The Hall–Kier alpha value is -1.05. The van der Waals surface area contributed by atoms with E-state index in [-0.39, 0.29) is 6.67 Å². The number of anilines is 1. The van der Waals surface area contributed by atoms with Crippen LogP contribution in [0.5, 0.6) is 0 Å². The van der Waals surface area contributed by atoms with E-state index in [0.717, 1.165) is 5.69 Å². The lowest BCUT2D eigenvalue weighted by atomic mass is 10.2. The van der Waals surface area contributed by atoms with Gasteiger partial charge in [-0.1, -0.05) is 12.1 Å². The third-order valence-corrected chi connectivity index (χ3v) is 1.66. The van der Waals surface area contributed by atoms with Gasteiger partial charge in [0.1, 0.15) is 0 Å². The maximum Gasteiger partial charge on any atom is 0.0911 e. The predicted octanol–water partition coefficient (Wildman–Crippen LogP) is 2.77. The number of alkyl halides is 1. The molecule has 0 fully saturated rings. The van der Waals surface area contributed by atoms with Gasteiger partial charge in [-0.2, -0.15) is 0 Å². The smallest absolute Gasteiger partial charge is 0.0911 e. The summed E-state index contributed by atoms with van der Waals surface area (Å²) in [5.41, 5.74) is 2.30. The van der Waals surface area contributed by atoms with Gasteiger partial charge in [0.25, 0.3) is 0 Å². The van der Waals surface area contributed by atoms with Gasteiger partial charge in [0.05, 0.1) is 6.67 Å². The van der Waals surface area contributed by atoms with Gasteiger partial charge in [-0.25, -0.2) is 0 Å². The van der Waals surface area contributed by atoms with E-state index in [2.05, 4.69) is 11.4 Å². The molecule has 0 aliphatic heterocycles. The molecule has 1 nitrogen and oxygen atoms in total. The van der Waals surface area contributed by atoms with E-state index in [1.165, 1.54) is 5.56 Å². The number of hydrogen-bond acceptors (Lipinski definition) is 1. The number of hydrogen-bond donors (Lipinski definition) is 1. The van der Waals surface area contributed by atoms with E-state index in [9.17, 15) is 4.39 Å². The molecule has 1 aromatic rings. The van der Waals surface area contributed by atoms with Crippen LogP contribution in [0, 0.1) is 6.92 Å². The van der Waals surface area contributed by atoms with Crippen LogP contribution in [0.25, 0.3) is 0 Å². The van der Waals surface area contributed by atoms with E-state index in [4.69, 9.17) is 0 Å². The van der Waals surface area contributed by atoms with Crippen molar-refractivity contribution in [1.29, 1.82) is 0 Å². The molecule has 0 heterocycles. The normalized spacial score (nSPS) is 9.83. The fourth-order valence-electron chi connectivity index (χ4n) is 1.05. The first kappa shape index (κ1) is 9.04. The zero-order valence-corrected chi connectivity index (χ0v) is 7.31. The molecule has 1 aromatic carbocycles. The largest absolute Gasteiger partial charge is 0.385 e. The van der Waals surface area contributed by atoms with Gasteiger partial charge in [-0.3, -0.25) is 4.39 Å². The van der Waals surface area contributed by atoms with Crippen molar-refractivity contribution in [3.63, 3.8) is 0 Å². The molecule has 0 amide bonds. The fourth-order valence-corrected chi connectivity index (χ4v) is 1.05. The summed E-state index contributed by atoms with van der Waals surface area (Å²) < 4.78 is 11.7. The Labute approximate surface area is 72.6 Å². The van der Waals surface area contributed by atoms with Crippen LogP contribution < -0.4 is 5.32 Å². The molecule has 0 aromatic heterocycles. The minimum Gasteiger partial charge on any atom is -0.385 e. The zero-order chi connectivity index (χ0) is 8.81. The lowest BCUT2D eigenvalue weighted by Crippen LogP contribution is -2.01. The molecule has 0 atom stereocenters. The molecule has 0 unspecified atom stereocenters. The van der Waals surface area contributed by atoms with Gasteiger partial charge >= 0.3 is 0 Å².